The summed E-state index contributed by atoms with van der Waals surface area (Å²) in [7, 11) is 0. The third-order valence-electron chi connectivity index (χ3n) is 2.54. The van der Waals surface area contributed by atoms with E-state index in [0.717, 1.165) is 35.1 Å². The number of benzene rings is 1. The maximum atomic E-state index is 10.8. The smallest absolute Gasteiger partial charge is 0.150 e. The maximum absolute atomic E-state index is 10.8. The van der Waals surface area contributed by atoms with Gasteiger partial charge in [-0.3, -0.25) is 4.79 Å². The second-order valence-electron chi connectivity index (χ2n) is 3.49. The van der Waals surface area contributed by atoms with E-state index in [1.807, 2.05) is 31.3 Å². The number of H-pyrrole nitrogens is 1. The summed E-state index contributed by atoms with van der Waals surface area (Å²) in [6, 6.07) is 5.76. The summed E-state index contributed by atoms with van der Waals surface area (Å²) in [6.07, 6.45) is 5.18. The van der Waals surface area contributed by atoms with Crippen LogP contribution >= 0.6 is 0 Å². The number of nitrogens with one attached hydrogen (secondary N) is 1. The Labute approximate surface area is 88.2 Å². The van der Waals surface area contributed by atoms with Gasteiger partial charge in [0.15, 0.2) is 0 Å². The average molecular weight is 200 g/mol. The molecule has 0 aliphatic carbocycles. The van der Waals surface area contributed by atoms with Crippen LogP contribution in [0, 0.1) is 6.92 Å². The minimum Gasteiger partial charge on any atom is -0.351 e. The highest BCUT2D eigenvalue weighted by molar-refractivity contribution is 5.77. The van der Waals surface area contributed by atoms with Crippen molar-refractivity contribution in [2.24, 2.45) is 0 Å². The molecule has 0 fully saturated rings. The summed E-state index contributed by atoms with van der Waals surface area (Å²) in [4.78, 5) is 17.8. The van der Waals surface area contributed by atoms with E-state index in [1.165, 1.54) is 0 Å². The maximum Gasteiger partial charge on any atom is 0.150 e. The van der Waals surface area contributed by atoms with Crippen LogP contribution in [-0.2, 0) is 6.42 Å². The van der Waals surface area contributed by atoms with Crippen LogP contribution in [-0.4, -0.2) is 16.3 Å². The number of aromatic nitrogens is 2. The van der Waals surface area contributed by atoms with Gasteiger partial charge in [0.2, 0.25) is 0 Å². The molecule has 0 radical (unpaired) electrons. The third-order valence-corrected chi connectivity index (χ3v) is 2.54. The van der Waals surface area contributed by atoms with Gasteiger partial charge in [0.05, 0.1) is 12.0 Å². The van der Waals surface area contributed by atoms with Crippen LogP contribution in [0.25, 0.3) is 0 Å². The Bertz CT molecular complexity index is 460. The molecule has 0 unspecified atom stereocenters. The fraction of sp³-hybridized carbons (Fsp3) is 0.167. The predicted octanol–water partition coefficient (Wildman–Crippen LogP) is 2.12. The Morgan fingerprint density at radius 1 is 1.47 bits per heavy atom. The number of imidazole rings is 1. The highest BCUT2D eigenvalue weighted by Crippen LogP contribution is 2.15. The number of rotatable bonds is 3. The number of hydrogen-bond acceptors (Lipinski definition) is 2. The molecule has 2 aromatic rings. The highest BCUT2D eigenvalue weighted by atomic mass is 16.1. The van der Waals surface area contributed by atoms with Crippen molar-refractivity contribution in [2.45, 2.75) is 13.3 Å². The van der Waals surface area contributed by atoms with Gasteiger partial charge >= 0.3 is 0 Å². The van der Waals surface area contributed by atoms with Crippen molar-refractivity contribution in [2.75, 3.05) is 0 Å². The highest BCUT2D eigenvalue weighted by Gasteiger charge is 2.04. The molecule has 0 saturated carbocycles. The first kappa shape index (κ1) is 9.65. The molecule has 0 bridgehead atoms. The normalized spacial score (nSPS) is 10.2. The Balaban J connectivity index is 2.33. The van der Waals surface area contributed by atoms with Crippen LogP contribution < -0.4 is 0 Å². The molecular formula is C12H12N2O. The van der Waals surface area contributed by atoms with E-state index >= 15 is 0 Å². The van der Waals surface area contributed by atoms with Gasteiger partial charge in [-0.15, -0.1) is 0 Å². The molecule has 0 spiro atoms. The molecule has 1 aromatic heterocycles. The van der Waals surface area contributed by atoms with E-state index in [2.05, 4.69) is 9.97 Å². The molecule has 1 N–H and O–H groups in total. The second-order valence-corrected chi connectivity index (χ2v) is 3.49. The van der Waals surface area contributed by atoms with Crippen LogP contribution in [0.1, 0.15) is 27.2 Å². The van der Waals surface area contributed by atoms with Crippen molar-refractivity contribution >= 4 is 6.29 Å². The van der Waals surface area contributed by atoms with Crippen LogP contribution in [0.2, 0.25) is 0 Å². The Morgan fingerprint density at radius 3 is 3.00 bits per heavy atom. The number of aromatic amines is 1. The van der Waals surface area contributed by atoms with Gasteiger partial charge in [-0.05, 0) is 18.1 Å². The Kier molecular flexibility index (Phi) is 2.63. The quantitative estimate of drug-likeness (QED) is 0.771. The molecular weight excluding hydrogens is 188 g/mol. The molecule has 0 aliphatic heterocycles. The first-order valence-electron chi connectivity index (χ1n) is 4.82. The van der Waals surface area contributed by atoms with Crippen molar-refractivity contribution in [1.82, 2.24) is 9.97 Å². The molecule has 2 rings (SSSR count). The lowest BCUT2D eigenvalue weighted by Crippen LogP contribution is -1.95. The zero-order chi connectivity index (χ0) is 10.7. The zero-order valence-corrected chi connectivity index (χ0v) is 8.53. The standard InChI is InChI=1S/C12H12N2O/c1-9-10(3-2-4-11(9)7-15)5-12-6-13-8-14-12/h2-4,6-8H,5H2,1H3,(H,13,14). The number of nitrogens with zero attached hydrogens (tertiary/aromatic N) is 1. The van der Waals surface area contributed by atoms with Gasteiger partial charge in [0.25, 0.3) is 0 Å². The minimum absolute atomic E-state index is 0.753. The lowest BCUT2D eigenvalue weighted by Gasteiger charge is -2.05. The summed E-state index contributed by atoms with van der Waals surface area (Å²) in [5.41, 5.74) is 3.92. The molecule has 15 heavy (non-hydrogen) atoms. The fourth-order valence-electron chi connectivity index (χ4n) is 1.61. The van der Waals surface area contributed by atoms with Crippen LogP contribution in [0.3, 0.4) is 0 Å². The largest absolute Gasteiger partial charge is 0.351 e. The van der Waals surface area contributed by atoms with Gasteiger partial charge in [-0.2, -0.15) is 0 Å². The lowest BCUT2D eigenvalue weighted by molar-refractivity contribution is 0.112. The minimum atomic E-state index is 0.753. The van der Waals surface area contributed by atoms with E-state index in [0.29, 0.717) is 0 Å². The topological polar surface area (TPSA) is 45.8 Å². The van der Waals surface area contributed by atoms with Crippen molar-refractivity contribution in [3.63, 3.8) is 0 Å². The first-order chi connectivity index (χ1) is 7.31. The Morgan fingerprint density at radius 2 is 2.33 bits per heavy atom. The summed E-state index contributed by atoms with van der Waals surface area (Å²) in [5.74, 6) is 0. The van der Waals surface area contributed by atoms with E-state index in [-0.39, 0.29) is 0 Å². The summed E-state index contributed by atoms with van der Waals surface area (Å²) in [5, 5.41) is 0. The molecule has 1 heterocycles. The van der Waals surface area contributed by atoms with E-state index in [1.54, 1.807) is 6.33 Å². The van der Waals surface area contributed by atoms with Crippen molar-refractivity contribution < 1.29 is 4.79 Å². The second kappa shape index (κ2) is 4.09. The molecule has 3 heteroatoms. The SMILES string of the molecule is Cc1c(C=O)cccc1Cc1c[nH]cn1. The first-order valence-corrected chi connectivity index (χ1v) is 4.82. The van der Waals surface area contributed by atoms with Crippen LogP contribution in [0.4, 0.5) is 0 Å². The van der Waals surface area contributed by atoms with Gasteiger partial charge in [-0.25, -0.2) is 4.98 Å². The third kappa shape index (κ3) is 1.96. The monoisotopic (exact) mass is 200 g/mol. The van der Waals surface area contributed by atoms with Crippen molar-refractivity contribution in [3.05, 3.63) is 53.1 Å². The number of carbonyl (C=O) groups excluding carboxylic acids is 1. The van der Waals surface area contributed by atoms with Crippen molar-refractivity contribution in [3.8, 4) is 0 Å². The van der Waals surface area contributed by atoms with Crippen LogP contribution in [0.15, 0.2) is 30.7 Å². The molecule has 0 atom stereocenters. The summed E-state index contributed by atoms with van der Waals surface area (Å²) in [6.45, 7) is 1.96. The molecule has 76 valence electrons. The van der Waals surface area contributed by atoms with Gasteiger partial charge in [0.1, 0.15) is 6.29 Å². The van der Waals surface area contributed by atoms with Crippen molar-refractivity contribution in [1.29, 1.82) is 0 Å². The molecule has 1 aromatic carbocycles. The van der Waals surface area contributed by atoms with Gasteiger partial charge in [-0.1, -0.05) is 18.2 Å². The predicted molar refractivity (Wildman–Crippen MR) is 58.0 cm³/mol. The van der Waals surface area contributed by atoms with E-state index in [9.17, 15) is 4.79 Å². The number of hydrogen-bond donors (Lipinski definition) is 1. The molecule has 0 saturated heterocycles. The lowest BCUT2D eigenvalue weighted by atomic mass is 10.00. The zero-order valence-electron chi connectivity index (χ0n) is 8.53. The van der Waals surface area contributed by atoms with Crippen LogP contribution in [0.5, 0.6) is 0 Å². The average Bonchev–Trinajstić information content (AvgIpc) is 2.74. The number of aldehydes is 1. The van der Waals surface area contributed by atoms with E-state index in [4.69, 9.17) is 0 Å². The number of carbonyl (C=O) groups is 1. The molecule has 0 aliphatic rings. The molecule has 0 amide bonds. The van der Waals surface area contributed by atoms with Gasteiger partial charge in [0, 0.05) is 18.2 Å². The fourth-order valence-corrected chi connectivity index (χ4v) is 1.61. The summed E-state index contributed by atoms with van der Waals surface area (Å²) >= 11 is 0. The molecule has 3 nitrogen and oxygen atoms in total. The summed E-state index contributed by atoms with van der Waals surface area (Å²) < 4.78 is 0. The van der Waals surface area contributed by atoms with E-state index < -0.39 is 0 Å². The van der Waals surface area contributed by atoms with Gasteiger partial charge < -0.3 is 4.98 Å². The Hall–Kier alpha value is -1.90.